The average Bonchev–Trinajstić information content (AvgIpc) is 2.29. The normalized spacial score (nSPS) is 21.5. The fourth-order valence-electron chi connectivity index (χ4n) is 1.43. The monoisotopic (exact) mass is 223 g/mol. The summed E-state index contributed by atoms with van der Waals surface area (Å²) in [5.74, 6) is 6.12. The van der Waals surface area contributed by atoms with Gasteiger partial charge in [0.25, 0.3) is 0 Å². The Morgan fingerprint density at radius 2 is 2.31 bits per heavy atom. The molecule has 16 heavy (non-hydrogen) atoms. The molecule has 0 amide bonds. The van der Waals surface area contributed by atoms with E-state index in [-0.39, 0.29) is 0 Å². The van der Waals surface area contributed by atoms with E-state index >= 15 is 0 Å². The van der Waals surface area contributed by atoms with E-state index in [9.17, 15) is 0 Å². The summed E-state index contributed by atoms with van der Waals surface area (Å²) in [6.45, 7) is 9.48. The van der Waals surface area contributed by atoms with Gasteiger partial charge in [0.2, 0.25) is 0 Å². The van der Waals surface area contributed by atoms with Gasteiger partial charge in [-0.3, -0.25) is 0 Å². The number of nitrogens with zero attached hydrogens (tertiary/aromatic N) is 1. The molecule has 0 aromatic heterocycles. The molecule has 2 N–H and O–H groups in total. The second kappa shape index (κ2) is 7.26. The van der Waals surface area contributed by atoms with Crippen molar-refractivity contribution < 1.29 is 4.84 Å². The molecule has 1 heterocycles. The van der Waals surface area contributed by atoms with E-state index in [2.05, 4.69) is 41.5 Å². The SMILES string of the molecule is CC#C/C(=N\OC[C@H]1CNCCN1)C(C)C. The predicted octanol–water partition coefficient (Wildman–Crippen LogP) is 0.600. The van der Waals surface area contributed by atoms with E-state index in [1.54, 1.807) is 0 Å². The molecule has 0 saturated carbocycles. The fraction of sp³-hybridized carbons (Fsp3) is 0.750. The lowest BCUT2D eigenvalue weighted by atomic mass is 10.1. The summed E-state index contributed by atoms with van der Waals surface area (Å²) in [5.41, 5.74) is 0.811. The highest BCUT2D eigenvalue weighted by molar-refractivity contribution is 6.01. The first kappa shape index (κ1) is 13.0. The van der Waals surface area contributed by atoms with Gasteiger partial charge in [0, 0.05) is 25.6 Å². The largest absolute Gasteiger partial charge is 0.393 e. The first-order chi connectivity index (χ1) is 7.74. The number of oxime groups is 1. The Bertz CT molecular complexity index is 282. The van der Waals surface area contributed by atoms with Gasteiger partial charge in [0.1, 0.15) is 12.3 Å². The first-order valence-corrected chi connectivity index (χ1v) is 5.80. The maximum Gasteiger partial charge on any atom is 0.133 e. The molecule has 1 fully saturated rings. The van der Waals surface area contributed by atoms with Crippen LogP contribution in [-0.2, 0) is 4.84 Å². The number of piperazine rings is 1. The summed E-state index contributed by atoms with van der Waals surface area (Å²) >= 11 is 0. The van der Waals surface area contributed by atoms with Gasteiger partial charge in [-0.15, -0.1) is 0 Å². The lowest BCUT2D eigenvalue weighted by Crippen LogP contribution is -2.50. The minimum absolute atomic E-state index is 0.310. The highest BCUT2D eigenvalue weighted by Gasteiger charge is 2.12. The topological polar surface area (TPSA) is 45.6 Å². The molecular formula is C12H21N3O. The third-order valence-electron chi connectivity index (χ3n) is 2.36. The molecule has 4 nitrogen and oxygen atoms in total. The third-order valence-corrected chi connectivity index (χ3v) is 2.36. The molecule has 0 aromatic carbocycles. The van der Waals surface area contributed by atoms with Crippen molar-refractivity contribution in [1.82, 2.24) is 10.6 Å². The minimum Gasteiger partial charge on any atom is -0.393 e. The van der Waals surface area contributed by atoms with Crippen LogP contribution in [0.25, 0.3) is 0 Å². The number of hydrogen-bond donors (Lipinski definition) is 2. The molecule has 0 aliphatic carbocycles. The summed E-state index contributed by atoms with van der Waals surface area (Å²) in [6, 6.07) is 0.348. The Morgan fingerprint density at radius 3 is 2.88 bits per heavy atom. The fourth-order valence-corrected chi connectivity index (χ4v) is 1.43. The van der Waals surface area contributed by atoms with E-state index < -0.39 is 0 Å². The van der Waals surface area contributed by atoms with Crippen LogP contribution in [0.1, 0.15) is 20.8 Å². The minimum atomic E-state index is 0.310. The van der Waals surface area contributed by atoms with E-state index in [4.69, 9.17) is 4.84 Å². The molecule has 0 bridgehead atoms. The van der Waals surface area contributed by atoms with Crippen LogP contribution in [0.5, 0.6) is 0 Å². The molecule has 1 atom stereocenters. The number of nitrogens with one attached hydrogen (secondary N) is 2. The Kier molecular flexibility index (Phi) is 5.91. The van der Waals surface area contributed by atoms with E-state index in [0.29, 0.717) is 18.6 Å². The van der Waals surface area contributed by atoms with Gasteiger partial charge in [-0.05, 0) is 12.8 Å². The van der Waals surface area contributed by atoms with Crippen molar-refractivity contribution in [3.63, 3.8) is 0 Å². The third kappa shape index (κ3) is 4.65. The van der Waals surface area contributed by atoms with Crippen molar-refractivity contribution in [2.75, 3.05) is 26.2 Å². The molecule has 1 rings (SSSR count). The molecule has 1 saturated heterocycles. The first-order valence-electron chi connectivity index (χ1n) is 5.80. The Labute approximate surface area is 97.8 Å². The van der Waals surface area contributed by atoms with Gasteiger partial charge >= 0.3 is 0 Å². The lowest BCUT2D eigenvalue weighted by molar-refractivity contribution is 0.114. The molecule has 0 aromatic rings. The number of hydrogen-bond acceptors (Lipinski definition) is 4. The summed E-state index contributed by atoms with van der Waals surface area (Å²) in [6.07, 6.45) is 0. The van der Waals surface area contributed by atoms with Crippen LogP contribution in [0.4, 0.5) is 0 Å². The molecule has 1 aliphatic rings. The van der Waals surface area contributed by atoms with E-state index in [0.717, 1.165) is 25.3 Å². The lowest BCUT2D eigenvalue weighted by Gasteiger charge is -2.23. The standard InChI is InChI=1S/C12H21N3O/c1-4-5-12(10(2)3)15-16-9-11-8-13-6-7-14-11/h10-11,13-14H,6-9H2,1-3H3/b15-12+/t11-/m1/s1. The van der Waals surface area contributed by atoms with Gasteiger partial charge in [-0.2, -0.15) is 0 Å². The van der Waals surface area contributed by atoms with Gasteiger partial charge in [-0.25, -0.2) is 0 Å². The maximum atomic E-state index is 5.33. The quantitative estimate of drug-likeness (QED) is 0.417. The van der Waals surface area contributed by atoms with Gasteiger partial charge in [0.05, 0.1) is 6.04 Å². The van der Waals surface area contributed by atoms with E-state index in [1.165, 1.54) is 0 Å². The highest BCUT2D eigenvalue weighted by Crippen LogP contribution is 1.98. The second-order valence-corrected chi connectivity index (χ2v) is 4.16. The van der Waals surface area contributed by atoms with E-state index in [1.807, 2.05) is 6.92 Å². The zero-order valence-corrected chi connectivity index (χ0v) is 10.3. The number of rotatable bonds is 4. The van der Waals surface area contributed by atoms with Crippen molar-refractivity contribution in [3.8, 4) is 11.8 Å². The molecule has 90 valence electrons. The van der Waals surface area contributed by atoms with Crippen LogP contribution < -0.4 is 10.6 Å². The van der Waals surface area contributed by atoms with Crippen molar-refractivity contribution in [3.05, 3.63) is 0 Å². The molecule has 4 heteroatoms. The summed E-state index contributed by atoms with van der Waals surface area (Å²) in [7, 11) is 0. The molecule has 0 spiro atoms. The highest BCUT2D eigenvalue weighted by atomic mass is 16.6. The second-order valence-electron chi connectivity index (χ2n) is 4.16. The summed E-state index contributed by atoms with van der Waals surface area (Å²) < 4.78 is 0. The van der Waals surface area contributed by atoms with Crippen LogP contribution >= 0.6 is 0 Å². The van der Waals surface area contributed by atoms with Crippen LogP contribution in [0.15, 0.2) is 5.16 Å². The molecule has 0 radical (unpaired) electrons. The van der Waals surface area contributed by atoms with Crippen LogP contribution in [0.2, 0.25) is 0 Å². The summed E-state index contributed by atoms with van der Waals surface area (Å²) in [4.78, 5) is 5.33. The average molecular weight is 223 g/mol. The van der Waals surface area contributed by atoms with Crippen LogP contribution in [-0.4, -0.2) is 38.0 Å². The zero-order chi connectivity index (χ0) is 11.8. The molecular weight excluding hydrogens is 202 g/mol. The predicted molar refractivity (Wildman–Crippen MR) is 66.3 cm³/mol. The van der Waals surface area contributed by atoms with Crippen molar-refractivity contribution in [2.45, 2.75) is 26.8 Å². The van der Waals surface area contributed by atoms with Gasteiger partial charge in [0.15, 0.2) is 0 Å². The maximum absolute atomic E-state index is 5.33. The van der Waals surface area contributed by atoms with Crippen molar-refractivity contribution in [1.29, 1.82) is 0 Å². The van der Waals surface area contributed by atoms with Gasteiger partial charge < -0.3 is 15.5 Å². The smallest absolute Gasteiger partial charge is 0.133 e. The Hall–Kier alpha value is -1.05. The zero-order valence-electron chi connectivity index (χ0n) is 10.3. The summed E-state index contributed by atoms with van der Waals surface area (Å²) in [5, 5.41) is 10.7. The van der Waals surface area contributed by atoms with Crippen LogP contribution in [0.3, 0.4) is 0 Å². The van der Waals surface area contributed by atoms with Gasteiger partial charge in [-0.1, -0.05) is 24.9 Å². The molecule has 1 aliphatic heterocycles. The van der Waals surface area contributed by atoms with Crippen molar-refractivity contribution in [2.24, 2.45) is 11.1 Å². The van der Waals surface area contributed by atoms with Crippen molar-refractivity contribution >= 4 is 5.71 Å². The molecule has 0 unspecified atom stereocenters. The Balaban J connectivity index is 2.34. The Morgan fingerprint density at radius 1 is 1.50 bits per heavy atom. The van der Waals surface area contributed by atoms with Crippen LogP contribution in [0, 0.1) is 17.8 Å².